The highest BCUT2D eigenvalue weighted by Crippen LogP contribution is 2.43. The van der Waals surface area contributed by atoms with Crippen LogP contribution in [0.1, 0.15) is 57.7 Å². The second-order valence-corrected chi connectivity index (χ2v) is 14.7. The molecule has 1 aliphatic rings. The van der Waals surface area contributed by atoms with Gasteiger partial charge in [-0.1, -0.05) is 97.1 Å². The van der Waals surface area contributed by atoms with E-state index in [0.29, 0.717) is 40.3 Å². The first-order valence-corrected chi connectivity index (χ1v) is 20.6. The van der Waals surface area contributed by atoms with Crippen LogP contribution in [-0.2, 0) is 25.5 Å². The Hall–Kier alpha value is -7.24. The number of aliphatic hydroxyl groups excluding tert-OH is 1. The molecule has 0 saturated heterocycles. The Morgan fingerprint density at radius 1 is 0.694 bits per heavy atom. The molecule has 0 fully saturated rings. The minimum absolute atomic E-state index is 0.0772. The predicted molar refractivity (Wildman–Crippen MR) is 236 cm³/mol. The van der Waals surface area contributed by atoms with E-state index < -0.39 is 41.9 Å². The fourth-order valence-electron chi connectivity index (χ4n) is 7.59. The summed E-state index contributed by atoms with van der Waals surface area (Å²) in [4.78, 5) is 58.5. The van der Waals surface area contributed by atoms with E-state index in [1.165, 1.54) is 4.90 Å². The molecule has 62 heavy (non-hydrogen) atoms. The zero-order valence-electron chi connectivity index (χ0n) is 34.6. The van der Waals surface area contributed by atoms with E-state index in [9.17, 15) is 24.3 Å². The number of nitrogens with zero attached hydrogens (tertiary/aromatic N) is 1. The lowest BCUT2D eigenvalue weighted by molar-refractivity contribution is -0.144. The number of benzene rings is 6. The van der Waals surface area contributed by atoms with E-state index in [-0.39, 0.29) is 38.2 Å². The summed E-state index contributed by atoms with van der Waals surface area (Å²) < 4.78 is 23.2. The maximum atomic E-state index is 14.8. The number of hydrogen-bond acceptors (Lipinski definition) is 9. The zero-order chi connectivity index (χ0) is 43.4. The van der Waals surface area contributed by atoms with Crippen LogP contribution in [0.3, 0.4) is 0 Å². The van der Waals surface area contributed by atoms with E-state index in [1.54, 1.807) is 80.8 Å². The number of anilines is 1. The third kappa shape index (κ3) is 10.2. The van der Waals surface area contributed by atoms with Crippen molar-refractivity contribution >= 4 is 29.4 Å². The second-order valence-electron chi connectivity index (χ2n) is 14.7. The van der Waals surface area contributed by atoms with Crippen LogP contribution in [0.2, 0.25) is 0 Å². The van der Waals surface area contributed by atoms with Gasteiger partial charge in [-0.05, 0) is 89.3 Å². The summed E-state index contributed by atoms with van der Waals surface area (Å²) in [6.45, 7) is 1.87. The molecule has 2 amide bonds. The monoisotopic (exact) mass is 832 g/mol. The van der Waals surface area contributed by atoms with Gasteiger partial charge in [0, 0.05) is 29.8 Å². The smallest absolute Gasteiger partial charge is 0.338 e. The fourth-order valence-corrected chi connectivity index (χ4v) is 7.59. The molecule has 3 atom stereocenters. The van der Waals surface area contributed by atoms with Gasteiger partial charge in [0.1, 0.15) is 17.6 Å². The topological polar surface area (TPSA) is 141 Å². The molecule has 1 heterocycles. The Labute approximate surface area is 360 Å². The van der Waals surface area contributed by atoms with Crippen molar-refractivity contribution in [3.05, 3.63) is 174 Å². The highest BCUT2D eigenvalue weighted by molar-refractivity contribution is 5.99. The molecule has 0 aliphatic carbocycles. The summed E-state index contributed by atoms with van der Waals surface area (Å²) in [5, 5.41) is 12.6. The average molecular weight is 833 g/mol. The van der Waals surface area contributed by atoms with Crippen molar-refractivity contribution in [3.63, 3.8) is 0 Å². The molecule has 7 rings (SSSR count). The first-order chi connectivity index (χ1) is 30.3. The van der Waals surface area contributed by atoms with Crippen LogP contribution in [0.5, 0.6) is 11.5 Å². The zero-order valence-corrected chi connectivity index (χ0v) is 34.6. The number of hydrogen-bond donors (Lipinski definition) is 2. The number of carbonyl (C=O) groups is 4. The van der Waals surface area contributed by atoms with E-state index in [4.69, 9.17) is 18.9 Å². The van der Waals surface area contributed by atoms with Crippen LogP contribution >= 0.6 is 0 Å². The maximum Gasteiger partial charge on any atom is 0.338 e. The lowest BCUT2D eigenvalue weighted by Gasteiger charge is -2.45. The van der Waals surface area contributed by atoms with Gasteiger partial charge in [0.15, 0.2) is 0 Å². The van der Waals surface area contributed by atoms with Gasteiger partial charge in [0.05, 0.1) is 50.8 Å². The number of esters is 2. The molecule has 2 N–H and O–H groups in total. The Kier molecular flexibility index (Phi) is 14.1. The molecule has 0 unspecified atom stereocenters. The molecular formula is C51H48N2O9. The summed E-state index contributed by atoms with van der Waals surface area (Å²) in [5.41, 5.74) is 5.80. The molecule has 11 heteroatoms. The molecule has 6 aromatic carbocycles. The average Bonchev–Trinajstić information content (AvgIpc) is 3.31. The van der Waals surface area contributed by atoms with E-state index in [0.717, 1.165) is 22.3 Å². The first kappa shape index (κ1) is 42.9. The van der Waals surface area contributed by atoms with Gasteiger partial charge in [0.2, 0.25) is 5.91 Å². The Balaban J connectivity index is 1.32. The first-order valence-electron chi connectivity index (χ1n) is 20.6. The van der Waals surface area contributed by atoms with Crippen molar-refractivity contribution < 1.29 is 43.2 Å². The normalized spacial score (nSPS) is 15.5. The van der Waals surface area contributed by atoms with Crippen LogP contribution in [0, 0.1) is 0 Å². The molecular weight excluding hydrogens is 785 g/mol. The van der Waals surface area contributed by atoms with Gasteiger partial charge in [-0.25, -0.2) is 4.79 Å². The molecule has 1 aliphatic heterocycles. The second kappa shape index (κ2) is 20.3. The number of nitrogens with one attached hydrogen (secondary N) is 1. The van der Waals surface area contributed by atoms with E-state index in [1.807, 2.05) is 84.9 Å². The van der Waals surface area contributed by atoms with Crippen molar-refractivity contribution in [1.82, 2.24) is 5.32 Å². The SMILES string of the molecule is CCOC(=O)C[C@H]1[C@H](OC(=O)c2ccc(-c3ccccc3)cc2)[C@@H](NC(=O)c2ccc(-c3ccccc3)cc2)c2cc(OCCCO)ccc2N1C(=O)Cc1ccc(OC)cc1. The Morgan fingerprint density at radius 3 is 1.85 bits per heavy atom. The minimum Gasteiger partial charge on any atom is -0.497 e. The highest BCUT2D eigenvalue weighted by Gasteiger charge is 2.48. The van der Waals surface area contributed by atoms with Gasteiger partial charge < -0.3 is 34.3 Å². The molecule has 0 aromatic heterocycles. The maximum absolute atomic E-state index is 14.8. The number of ether oxygens (including phenoxy) is 4. The van der Waals surface area contributed by atoms with Crippen LogP contribution in [0.15, 0.2) is 152 Å². The molecule has 0 spiro atoms. The number of carbonyl (C=O) groups excluding carboxylic acids is 4. The number of amides is 2. The summed E-state index contributed by atoms with van der Waals surface area (Å²) in [6.07, 6.45) is -1.38. The fraction of sp³-hybridized carbons (Fsp3) is 0.216. The van der Waals surface area contributed by atoms with E-state index >= 15 is 0 Å². The van der Waals surface area contributed by atoms with Crippen LogP contribution < -0.4 is 19.7 Å². The third-order valence-electron chi connectivity index (χ3n) is 10.7. The van der Waals surface area contributed by atoms with Gasteiger partial charge in [0.25, 0.3) is 5.91 Å². The number of rotatable bonds is 16. The van der Waals surface area contributed by atoms with Crippen molar-refractivity contribution in [2.45, 2.75) is 44.4 Å². The van der Waals surface area contributed by atoms with Gasteiger partial charge in [-0.2, -0.15) is 0 Å². The van der Waals surface area contributed by atoms with Crippen molar-refractivity contribution in [2.75, 3.05) is 31.8 Å². The quantitative estimate of drug-likeness (QED) is 0.0727. The standard InChI is InChI=1S/C51H48N2O9/c1-3-60-47(56)33-45-49(62-51(58)40-23-19-38(20-24-40)36-13-8-5-9-14-36)48(52-50(57)39-21-17-37(18-22-39)35-11-6-4-7-12-35)43-32-42(61-30-10-29-54)27-28-44(43)53(45)46(55)31-34-15-25-41(59-2)26-16-34/h4-9,11-28,32,45,48-49,54H,3,10,29-31,33H2,1-2H3,(H,52,57)/t45-,48-,49-/m0/s1. The van der Waals surface area contributed by atoms with Crippen LogP contribution in [-0.4, -0.2) is 67.9 Å². The van der Waals surface area contributed by atoms with Crippen LogP contribution in [0.25, 0.3) is 22.3 Å². The molecule has 0 radical (unpaired) electrons. The van der Waals surface area contributed by atoms with Crippen molar-refractivity contribution in [2.24, 2.45) is 0 Å². The highest BCUT2D eigenvalue weighted by atomic mass is 16.5. The Bertz CT molecular complexity index is 2460. The number of fused-ring (bicyclic) bond motifs is 1. The number of methoxy groups -OCH3 is 1. The lowest BCUT2D eigenvalue weighted by Crippen LogP contribution is -2.58. The molecule has 11 nitrogen and oxygen atoms in total. The van der Waals surface area contributed by atoms with Crippen LogP contribution in [0.4, 0.5) is 5.69 Å². The molecule has 0 saturated carbocycles. The third-order valence-corrected chi connectivity index (χ3v) is 10.7. The van der Waals surface area contributed by atoms with E-state index in [2.05, 4.69) is 5.32 Å². The summed E-state index contributed by atoms with van der Waals surface area (Å²) >= 11 is 0. The summed E-state index contributed by atoms with van der Waals surface area (Å²) in [5.74, 6) is -1.20. The Morgan fingerprint density at radius 2 is 1.27 bits per heavy atom. The molecule has 6 aromatic rings. The number of aliphatic hydroxyl groups is 1. The van der Waals surface area contributed by atoms with Gasteiger partial charge in [-0.15, -0.1) is 0 Å². The van der Waals surface area contributed by atoms with Gasteiger partial charge in [-0.3, -0.25) is 14.4 Å². The van der Waals surface area contributed by atoms with Gasteiger partial charge >= 0.3 is 11.9 Å². The largest absolute Gasteiger partial charge is 0.497 e. The molecule has 316 valence electrons. The summed E-state index contributed by atoms with van der Waals surface area (Å²) in [7, 11) is 1.56. The van der Waals surface area contributed by atoms with Crippen molar-refractivity contribution in [1.29, 1.82) is 0 Å². The minimum atomic E-state index is -1.31. The molecule has 0 bridgehead atoms. The van der Waals surface area contributed by atoms with Crippen molar-refractivity contribution in [3.8, 4) is 33.8 Å². The predicted octanol–water partition coefficient (Wildman–Crippen LogP) is 8.40. The summed E-state index contributed by atoms with van der Waals surface area (Å²) in [6, 6.07) is 43.5. The lowest BCUT2D eigenvalue weighted by atomic mass is 9.85.